The van der Waals surface area contributed by atoms with Crippen LogP contribution < -0.4 is 16.0 Å². The van der Waals surface area contributed by atoms with Crippen molar-refractivity contribution < 1.29 is 4.79 Å². The van der Waals surface area contributed by atoms with E-state index in [1.807, 2.05) is 26.0 Å². The molecule has 1 aromatic rings. The molecule has 4 nitrogen and oxygen atoms in total. The fourth-order valence-electron chi connectivity index (χ4n) is 1.82. The fraction of sp³-hybridized carbons (Fsp3) is 0.364. The van der Waals surface area contributed by atoms with E-state index in [1.165, 1.54) is 0 Å². The first-order chi connectivity index (χ1) is 7.00. The second-order valence-electron chi connectivity index (χ2n) is 4.40. The molecular formula is C11H15N3O. The van der Waals surface area contributed by atoms with E-state index in [0.29, 0.717) is 12.2 Å². The molecule has 0 aromatic heterocycles. The quantitative estimate of drug-likeness (QED) is 0.684. The second-order valence-corrected chi connectivity index (χ2v) is 4.40. The molecule has 1 aliphatic heterocycles. The highest BCUT2D eigenvalue weighted by molar-refractivity contribution is 5.96. The summed E-state index contributed by atoms with van der Waals surface area (Å²) >= 11 is 0. The number of nitrogen functional groups attached to an aromatic ring is 1. The third kappa shape index (κ3) is 1.63. The van der Waals surface area contributed by atoms with Gasteiger partial charge >= 0.3 is 6.03 Å². The Morgan fingerprint density at radius 3 is 2.40 bits per heavy atom. The fourth-order valence-corrected chi connectivity index (χ4v) is 1.82. The zero-order valence-corrected chi connectivity index (χ0v) is 8.95. The third-order valence-corrected chi connectivity index (χ3v) is 2.63. The monoisotopic (exact) mass is 205 g/mol. The van der Waals surface area contributed by atoms with E-state index in [-0.39, 0.29) is 11.6 Å². The molecule has 80 valence electrons. The van der Waals surface area contributed by atoms with Crippen LogP contribution in [0.4, 0.5) is 16.2 Å². The van der Waals surface area contributed by atoms with E-state index >= 15 is 0 Å². The SMILES string of the molecule is CC1(C)CNC(=O)N1c1ccc(N)cc1. The lowest BCUT2D eigenvalue weighted by atomic mass is 10.0. The van der Waals surface area contributed by atoms with Crippen LogP contribution in [0.5, 0.6) is 0 Å². The molecule has 3 N–H and O–H groups in total. The maximum atomic E-state index is 11.7. The van der Waals surface area contributed by atoms with Crippen molar-refractivity contribution in [2.45, 2.75) is 19.4 Å². The largest absolute Gasteiger partial charge is 0.399 e. The van der Waals surface area contributed by atoms with Crippen LogP contribution in [0.3, 0.4) is 0 Å². The summed E-state index contributed by atoms with van der Waals surface area (Å²) in [5.41, 5.74) is 7.00. The van der Waals surface area contributed by atoms with E-state index < -0.39 is 0 Å². The van der Waals surface area contributed by atoms with Gasteiger partial charge in [-0.2, -0.15) is 0 Å². The Morgan fingerprint density at radius 1 is 1.33 bits per heavy atom. The molecule has 1 aliphatic rings. The third-order valence-electron chi connectivity index (χ3n) is 2.63. The standard InChI is InChI=1S/C11H15N3O/c1-11(2)7-13-10(15)14(11)9-5-3-8(12)4-6-9/h3-6H,7,12H2,1-2H3,(H,13,15). The van der Waals surface area contributed by atoms with Gasteiger partial charge in [0.15, 0.2) is 0 Å². The van der Waals surface area contributed by atoms with Gasteiger partial charge in [0.25, 0.3) is 0 Å². The topological polar surface area (TPSA) is 58.4 Å². The van der Waals surface area contributed by atoms with Crippen LogP contribution >= 0.6 is 0 Å². The van der Waals surface area contributed by atoms with Crippen molar-refractivity contribution in [2.24, 2.45) is 0 Å². The Kier molecular flexibility index (Phi) is 2.07. The Morgan fingerprint density at radius 2 is 1.93 bits per heavy atom. The highest BCUT2D eigenvalue weighted by atomic mass is 16.2. The number of rotatable bonds is 1. The van der Waals surface area contributed by atoms with Crippen LogP contribution in [0, 0.1) is 0 Å². The zero-order chi connectivity index (χ0) is 11.1. The van der Waals surface area contributed by atoms with Gasteiger partial charge in [-0.15, -0.1) is 0 Å². The lowest BCUT2D eigenvalue weighted by molar-refractivity contribution is 0.251. The zero-order valence-electron chi connectivity index (χ0n) is 8.95. The first-order valence-electron chi connectivity index (χ1n) is 4.94. The smallest absolute Gasteiger partial charge is 0.322 e. The van der Waals surface area contributed by atoms with Crippen LogP contribution in [-0.2, 0) is 0 Å². The van der Waals surface area contributed by atoms with Crippen molar-refractivity contribution in [1.29, 1.82) is 0 Å². The normalized spacial score (nSPS) is 19.1. The predicted octanol–water partition coefficient (Wildman–Crippen LogP) is 1.58. The average Bonchev–Trinajstić information content (AvgIpc) is 2.43. The van der Waals surface area contributed by atoms with Crippen LogP contribution in [0.1, 0.15) is 13.8 Å². The van der Waals surface area contributed by atoms with E-state index in [0.717, 1.165) is 5.69 Å². The Balaban J connectivity index is 2.37. The van der Waals surface area contributed by atoms with Gasteiger partial charge in [-0.25, -0.2) is 4.79 Å². The highest BCUT2D eigenvalue weighted by Crippen LogP contribution is 2.27. The van der Waals surface area contributed by atoms with Crippen LogP contribution in [-0.4, -0.2) is 18.1 Å². The molecule has 0 bridgehead atoms. The minimum Gasteiger partial charge on any atom is -0.399 e. The molecule has 0 atom stereocenters. The molecule has 0 saturated carbocycles. The summed E-state index contributed by atoms with van der Waals surface area (Å²) in [7, 11) is 0. The molecule has 2 rings (SSSR count). The maximum Gasteiger partial charge on any atom is 0.322 e. The summed E-state index contributed by atoms with van der Waals surface area (Å²) in [5.74, 6) is 0. The number of carbonyl (C=O) groups excluding carboxylic acids is 1. The summed E-state index contributed by atoms with van der Waals surface area (Å²) < 4.78 is 0. The molecule has 1 heterocycles. The van der Waals surface area contributed by atoms with Crippen molar-refractivity contribution in [3.8, 4) is 0 Å². The van der Waals surface area contributed by atoms with Crippen LogP contribution in [0.25, 0.3) is 0 Å². The summed E-state index contributed by atoms with van der Waals surface area (Å²) in [6, 6.07) is 7.28. The molecule has 1 saturated heterocycles. The number of nitrogens with one attached hydrogen (secondary N) is 1. The van der Waals surface area contributed by atoms with Gasteiger partial charge in [0.05, 0.1) is 5.54 Å². The molecule has 0 spiro atoms. The Labute approximate surface area is 89.1 Å². The van der Waals surface area contributed by atoms with Gasteiger partial charge in [0, 0.05) is 17.9 Å². The molecule has 0 unspecified atom stereocenters. The average molecular weight is 205 g/mol. The summed E-state index contributed by atoms with van der Waals surface area (Å²) in [5, 5.41) is 2.83. The lowest BCUT2D eigenvalue weighted by Crippen LogP contribution is -2.42. The number of benzene rings is 1. The number of hydrogen-bond donors (Lipinski definition) is 2. The van der Waals surface area contributed by atoms with Crippen molar-refractivity contribution in [1.82, 2.24) is 5.32 Å². The van der Waals surface area contributed by atoms with Gasteiger partial charge in [-0.3, -0.25) is 4.90 Å². The number of nitrogens with two attached hydrogens (primary N) is 1. The number of amides is 2. The van der Waals surface area contributed by atoms with Crippen molar-refractivity contribution >= 4 is 17.4 Å². The van der Waals surface area contributed by atoms with Gasteiger partial charge in [-0.05, 0) is 38.1 Å². The molecule has 4 heteroatoms. The first-order valence-corrected chi connectivity index (χ1v) is 4.94. The van der Waals surface area contributed by atoms with E-state index in [2.05, 4.69) is 5.32 Å². The number of anilines is 2. The van der Waals surface area contributed by atoms with Crippen LogP contribution in [0.2, 0.25) is 0 Å². The minimum absolute atomic E-state index is 0.0511. The molecule has 2 amide bonds. The number of nitrogens with zero attached hydrogens (tertiary/aromatic N) is 1. The van der Waals surface area contributed by atoms with Gasteiger partial charge < -0.3 is 11.1 Å². The first kappa shape index (κ1) is 9.83. The number of hydrogen-bond acceptors (Lipinski definition) is 2. The van der Waals surface area contributed by atoms with Crippen molar-refractivity contribution in [3.05, 3.63) is 24.3 Å². The lowest BCUT2D eigenvalue weighted by Gasteiger charge is -2.29. The maximum absolute atomic E-state index is 11.7. The predicted molar refractivity (Wildman–Crippen MR) is 60.8 cm³/mol. The minimum atomic E-state index is -0.187. The molecule has 1 aromatic carbocycles. The molecule has 1 fully saturated rings. The van der Waals surface area contributed by atoms with Crippen molar-refractivity contribution in [2.75, 3.05) is 17.2 Å². The van der Waals surface area contributed by atoms with E-state index in [9.17, 15) is 4.79 Å². The summed E-state index contributed by atoms with van der Waals surface area (Å²) in [6.45, 7) is 4.72. The summed E-state index contributed by atoms with van der Waals surface area (Å²) in [6.07, 6.45) is 0. The molecule has 0 radical (unpaired) electrons. The van der Waals surface area contributed by atoms with Gasteiger partial charge in [0.2, 0.25) is 0 Å². The van der Waals surface area contributed by atoms with Gasteiger partial charge in [0.1, 0.15) is 0 Å². The molecule has 0 aliphatic carbocycles. The van der Waals surface area contributed by atoms with E-state index in [1.54, 1.807) is 17.0 Å². The Hall–Kier alpha value is -1.71. The van der Waals surface area contributed by atoms with E-state index in [4.69, 9.17) is 5.73 Å². The number of urea groups is 1. The Bertz CT molecular complexity index is 383. The van der Waals surface area contributed by atoms with Gasteiger partial charge in [-0.1, -0.05) is 0 Å². The van der Waals surface area contributed by atoms with Crippen molar-refractivity contribution in [3.63, 3.8) is 0 Å². The molecular weight excluding hydrogens is 190 g/mol. The second kappa shape index (κ2) is 3.15. The highest BCUT2D eigenvalue weighted by Gasteiger charge is 2.38. The summed E-state index contributed by atoms with van der Waals surface area (Å²) in [4.78, 5) is 13.4. The number of carbonyl (C=O) groups is 1. The molecule has 15 heavy (non-hydrogen) atoms. The van der Waals surface area contributed by atoms with Crippen LogP contribution in [0.15, 0.2) is 24.3 Å².